The first kappa shape index (κ1) is 13.3. The summed E-state index contributed by atoms with van der Waals surface area (Å²) in [6, 6.07) is 0. The van der Waals surface area contributed by atoms with Gasteiger partial charge in [0.2, 0.25) is 5.95 Å². The van der Waals surface area contributed by atoms with Gasteiger partial charge in [-0.05, 0) is 6.92 Å². The molecule has 0 saturated carbocycles. The number of hydrogen-bond donors (Lipinski definition) is 1. The smallest absolute Gasteiger partial charge is 0.205 e. The van der Waals surface area contributed by atoms with E-state index in [-0.39, 0.29) is 6.10 Å². The Bertz CT molecular complexity index is 380. The molecule has 6 heteroatoms. The molecule has 1 aliphatic rings. The predicted molar refractivity (Wildman–Crippen MR) is 69.8 cm³/mol. The van der Waals surface area contributed by atoms with E-state index in [0.29, 0.717) is 19.8 Å². The Kier molecular flexibility index (Phi) is 4.57. The molecule has 2 rings (SSSR count). The Morgan fingerprint density at radius 2 is 2.44 bits per heavy atom. The van der Waals surface area contributed by atoms with Gasteiger partial charge in [0.05, 0.1) is 25.0 Å². The van der Waals surface area contributed by atoms with Gasteiger partial charge in [-0.3, -0.25) is 0 Å². The van der Waals surface area contributed by atoms with Gasteiger partial charge in [0.1, 0.15) is 0 Å². The van der Waals surface area contributed by atoms with Crippen molar-refractivity contribution >= 4 is 5.95 Å². The molecule has 0 aromatic carbocycles. The first-order chi connectivity index (χ1) is 8.74. The van der Waals surface area contributed by atoms with Crippen LogP contribution in [-0.2, 0) is 16.0 Å². The lowest BCUT2D eigenvalue weighted by molar-refractivity contribution is 0.0457. The zero-order valence-corrected chi connectivity index (χ0v) is 11.1. The standard InChI is InChI=1S/C12H22N4O2/c1-10-8-15(3-5-17-2)12(14-10)16-4-6-18-11(7-13)9-16/h8,11H,3-7,9,13H2,1-2H3. The summed E-state index contributed by atoms with van der Waals surface area (Å²) >= 11 is 0. The number of nitrogens with two attached hydrogens (primary N) is 1. The molecule has 0 spiro atoms. The SMILES string of the molecule is COCCn1cc(C)nc1N1CCOC(CN)C1. The molecule has 1 aliphatic heterocycles. The molecule has 1 unspecified atom stereocenters. The van der Waals surface area contributed by atoms with Gasteiger partial charge in [0.25, 0.3) is 0 Å². The second-order valence-electron chi connectivity index (χ2n) is 4.54. The summed E-state index contributed by atoms with van der Waals surface area (Å²) < 4.78 is 12.8. The molecule has 0 bridgehead atoms. The summed E-state index contributed by atoms with van der Waals surface area (Å²) in [5.41, 5.74) is 6.69. The quantitative estimate of drug-likeness (QED) is 0.801. The van der Waals surface area contributed by atoms with E-state index in [1.807, 2.05) is 6.92 Å². The molecule has 6 nitrogen and oxygen atoms in total. The Balaban J connectivity index is 2.10. The highest BCUT2D eigenvalue weighted by Crippen LogP contribution is 2.17. The fourth-order valence-corrected chi connectivity index (χ4v) is 2.18. The number of nitrogens with zero attached hydrogens (tertiary/aromatic N) is 3. The maximum Gasteiger partial charge on any atom is 0.205 e. The average molecular weight is 254 g/mol. The molecule has 1 atom stereocenters. The molecule has 2 N–H and O–H groups in total. The highest BCUT2D eigenvalue weighted by atomic mass is 16.5. The maximum atomic E-state index is 5.67. The lowest BCUT2D eigenvalue weighted by atomic mass is 10.3. The zero-order valence-electron chi connectivity index (χ0n) is 11.1. The van der Waals surface area contributed by atoms with E-state index in [9.17, 15) is 0 Å². The van der Waals surface area contributed by atoms with Crippen LogP contribution in [0.2, 0.25) is 0 Å². The van der Waals surface area contributed by atoms with Crippen molar-refractivity contribution in [1.29, 1.82) is 0 Å². The van der Waals surface area contributed by atoms with Gasteiger partial charge in [0, 0.05) is 39.5 Å². The summed E-state index contributed by atoms with van der Waals surface area (Å²) in [6.07, 6.45) is 2.16. The van der Waals surface area contributed by atoms with E-state index >= 15 is 0 Å². The Hall–Kier alpha value is -1.11. The molecule has 2 heterocycles. The summed E-state index contributed by atoms with van der Waals surface area (Å²) in [7, 11) is 1.71. The number of methoxy groups -OCH3 is 1. The van der Waals surface area contributed by atoms with Crippen molar-refractivity contribution in [2.24, 2.45) is 5.73 Å². The van der Waals surface area contributed by atoms with Crippen LogP contribution >= 0.6 is 0 Å². The first-order valence-corrected chi connectivity index (χ1v) is 6.34. The lowest BCUT2D eigenvalue weighted by Gasteiger charge is -2.33. The largest absolute Gasteiger partial charge is 0.383 e. The number of rotatable bonds is 5. The van der Waals surface area contributed by atoms with Crippen LogP contribution in [-0.4, -0.2) is 55.6 Å². The molecule has 0 radical (unpaired) electrons. The second kappa shape index (κ2) is 6.17. The van der Waals surface area contributed by atoms with Crippen LogP contribution in [0.15, 0.2) is 6.20 Å². The normalized spacial score (nSPS) is 20.4. The minimum atomic E-state index is 0.103. The molecular formula is C12H22N4O2. The number of hydrogen-bond acceptors (Lipinski definition) is 5. The van der Waals surface area contributed by atoms with E-state index in [1.54, 1.807) is 7.11 Å². The first-order valence-electron chi connectivity index (χ1n) is 6.34. The topological polar surface area (TPSA) is 65.5 Å². The Morgan fingerprint density at radius 3 is 3.17 bits per heavy atom. The van der Waals surface area contributed by atoms with Crippen LogP contribution in [0.3, 0.4) is 0 Å². The number of ether oxygens (including phenoxy) is 2. The third kappa shape index (κ3) is 3.01. The van der Waals surface area contributed by atoms with E-state index in [1.165, 1.54) is 0 Å². The number of morpholine rings is 1. The van der Waals surface area contributed by atoms with Crippen LogP contribution < -0.4 is 10.6 Å². The van der Waals surface area contributed by atoms with Crippen LogP contribution in [0, 0.1) is 6.92 Å². The molecule has 1 fully saturated rings. The van der Waals surface area contributed by atoms with Gasteiger partial charge in [-0.2, -0.15) is 0 Å². The van der Waals surface area contributed by atoms with Crippen LogP contribution in [0.1, 0.15) is 5.69 Å². The monoisotopic (exact) mass is 254 g/mol. The molecule has 0 amide bonds. The molecule has 0 aliphatic carbocycles. The Labute approximate surface area is 108 Å². The van der Waals surface area contributed by atoms with E-state index in [0.717, 1.165) is 31.3 Å². The number of imidazole rings is 1. The third-order valence-corrected chi connectivity index (χ3v) is 3.10. The highest BCUT2D eigenvalue weighted by Gasteiger charge is 2.22. The molecule has 18 heavy (non-hydrogen) atoms. The molecule has 1 aromatic rings. The summed E-state index contributed by atoms with van der Waals surface area (Å²) in [6.45, 7) is 6.44. The van der Waals surface area contributed by atoms with Crippen molar-refractivity contribution < 1.29 is 9.47 Å². The van der Waals surface area contributed by atoms with Gasteiger partial charge in [0.15, 0.2) is 0 Å². The molecule has 1 saturated heterocycles. The molecular weight excluding hydrogens is 232 g/mol. The maximum absolute atomic E-state index is 5.67. The summed E-state index contributed by atoms with van der Waals surface area (Å²) in [5, 5.41) is 0. The summed E-state index contributed by atoms with van der Waals surface area (Å²) in [4.78, 5) is 6.83. The van der Waals surface area contributed by atoms with Gasteiger partial charge < -0.3 is 24.7 Å². The predicted octanol–water partition coefficient (Wildman–Crippen LogP) is 0.00182. The fourth-order valence-electron chi connectivity index (χ4n) is 2.18. The van der Waals surface area contributed by atoms with E-state index in [4.69, 9.17) is 15.2 Å². The molecule has 102 valence electrons. The summed E-state index contributed by atoms with van der Waals surface area (Å²) in [5.74, 6) is 0.992. The van der Waals surface area contributed by atoms with Crippen molar-refractivity contribution in [3.8, 4) is 0 Å². The second-order valence-corrected chi connectivity index (χ2v) is 4.54. The zero-order chi connectivity index (χ0) is 13.0. The fraction of sp³-hybridized carbons (Fsp3) is 0.750. The number of aryl methyl sites for hydroxylation is 1. The van der Waals surface area contributed by atoms with Gasteiger partial charge in [-0.15, -0.1) is 0 Å². The van der Waals surface area contributed by atoms with Crippen molar-refractivity contribution in [3.05, 3.63) is 11.9 Å². The molecule has 1 aromatic heterocycles. The lowest BCUT2D eigenvalue weighted by Crippen LogP contribution is -2.46. The van der Waals surface area contributed by atoms with E-state index < -0.39 is 0 Å². The van der Waals surface area contributed by atoms with Gasteiger partial charge in [-0.1, -0.05) is 0 Å². The van der Waals surface area contributed by atoms with Crippen LogP contribution in [0.4, 0.5) is 5.95 Å². The highest BCUT2D eigenvalue weighted by molar-refractivity contribution is 5.34. The minimum Gasteiger partial charge on any atom is -0.383 e. The van der Waals surface area contributed by atoms with Gasteiger partial charge in [-0.25, -0.2) is 4.98 Å². The van der Waals surface area contributed by atoms with Crippen LogP contribution in [0.5, 0.6) is 0 Å². The number of aromatic nitrogens is 2. The Morgan fingerprint density at radius 1 is 1.61 bits per heavy atom. The van der Waals surface area contributed by atoms with Crippen molar-refractivity contribution in [2.75, 3.05) is 44.9 Å². The average Bonchev–Trinajstić information content (AvgIpc) is 2.77. The minimum absolute atomic E-state index is 0.103. The van der Waals surface area contributed by atoms with Crippen molar-refractivity contribution in [3.63, 3.8) is 0 Å². The van der Waals surface area contributed by atoms with E-state index in [2.05, 4.69) is 20.6 Å². The third-order valence-electron chi connectivity index (χ3n) is 3.10. The van der Waals surface area contributed by atoms with Crippen molar-refractivity contribution in [2.45, 2.75) is 19.6 Å². The number of anilines is 1. The van der Waals surface area contributed by atoms with Crippen LogP contribution in [0.25, 0.3) is 0 Å². The van der Waals surface area contributed by atoms with Crippen molar-refractivity contribution in [1.82, 2.24) is 9.55 Å². The van der Waals surface area contributed by atoms with Gasteiger partial charge >= 0.3 is 0 Å².